The first-order valence-corrected chi connectivity index (χ1v) is 7.56. The minimum Gasteiger partial charge on any atom is -0.344 e. The minimum absolute atomic E-state index is 0. The highest BCUT2D eigenvalue weighted by Crippen LogP contribution is 2.17. The number of nitrogens with one attached hydrogen (secondary N) is 1. The van der Waals surface area contributed by atoms with Gasteiger partial charge < -0.3 is 11.1 Å². The average molecular weight is 346 g/mol. The zero-order valence-corrected chi connectivity index (χ0v) is 13.9. The molecule has 7 heteroatoms. The van der Waals surface area contributed by atoms with Crippen molar-refractivity contribution in [3.8, 4) is 0 Å². The summed E-state index contributed by atoms with van der Waals surface area (Å²) in [5.41, 5.74) is 6.91. The number of carbonyl (C=O) groups excluding carboxylic acids is 1. The molecule has 0 spiro atoms. The summed E-state index contributed by atoms with van der Waals surface area (Å²) in [6.45, 7) is 2.46. The van der Waals surface area contributed by atoms with Crippen LogP contribution >= 0.6 is 35.3 Å². The van der Waals surface area contributed by atoms with E-state index in [1.165, 1.54) is 11.3 Å². The van der Waals surface area contributed by atoms with Crippen LogP contribution in [0.2, 0.25) is 5.02 Å². The molecule has 0 aliphatic carbocycles. The fourth-order valence-corrected chi connectivity index (χ4v) is 2.68. The second-order valence-electron chi connectivity index (χ2n) is 4.41. The van der Waals surface area contributed by atoms with Crippen LogP contribution in [0.1, 0.15) is 34.0 Å². The summed E-state index contributed by atoms with van der Waals surface area (Å²) in [4.78, 5) is 16.4. The predicted molar refractivity (Wildman–Crippen MR) is 89.5 cm³/mol. The first-order valence-electron chi connectivity index (χ1n) is 6.31. The number of aromatic nitrogens is 1. The molecule has 2 rings (SSSR count). The molecule has 114 valence electrons. The molecule has 1 atom stereocenters. The maximum Gasteiger partial charge on any atom is 0.271 e. The highest BCUT2D eigenvalue weighted by Gasteiger charge is 2.14. The van der Waals surface area contributed by atoms with Gasteiger partial charge in [0, 0.05) is 16.8 Å². The SMILES string of the molecule is CC(NC(=O)c1csc(CCN)n1)c1ccc(Cl)cc1.Cl. The van der Waals surface area contributed by atoms with Crippen molar-refractivity contribution in [3.05, 3.63) is 50.9 Å². The van der Waals surface area contributed by atoms with E-state index in [1.54, 1.807) is 5.38 Å². The van der Waals surface area contributed by atoms with Crippen LogP contribution in [0, 0.1) is 0 Å². The van der Waals surface area contributed by atoms with E-state index in [2.05, 4.69) is 10.3 Å². The van der Waals surface area contributed by atoms with Crippen LogP contribution in [0.25, 0.3) is 0 Å². The summed E-state index contributed by atoms with van der Waals surface area (Å²) in [5.74, 6) is -0.174. The lowest BCUT2D eigenvalue weighted by Crippen LogP contribution is -2.26. The van der Waals surface area contributed by atoms with Gasteiger partial charge in [0.05, 0.1) is 11.0 Å². The Bertz CT molecular complexity index is 586. The number of thiazole rings is 1. The number of rotatable bonds is 5. The molecule has 1 aromatic heterocycles. The number of benzene rings is 1. The fourth-order valence-electron chi connectivity index (χ4n) is 1.76. The van der Waals surface area contributed by atoms with E-state index >= 15 is 0 Å². The summed E-state index contributed by atoms with van der Waals surface area (Å²) in [5, 5.41) is 6.24. The molecule has 21 heavy (non-hydrogen) atoms. The number of amides is 1. The molecule has 4 nitrogen and oxygen atoms in total. The number of nitrogens with zero attached hydrogens (tertiary/aromatic N) is 1. The van der Waals surface area contributed by atoms with Gasteiger partial charge in [0.25, 0.3) is 5.91 Å². The van der Waals surface area contributed by atoms with E-state index in [0.29, 0.717) is 23.7 Å². The Labute approximate surface area is 139 Å². The molecular weight excluding hydrogens is 329 g/mol. The van der Waals surface area contributed by atoms with Gasteiger partial charge in [0.1, 0.15) is 5.69 Å². The van der Waals surface area contributed by atoms with E-state index < -0.39 is 0 Å². The van der Waals surface area contributed by atoms with Crippen LogP contribution in [0.15, 0.2) is 29.6 Å². The molecular formula is C14H17Cl2N3OS. The molecule has 1 amide bonds. The number of nitrogens with two attached hydrogens (primary N) is 1. The Hall–Kier alpha value is -1.14. The lowest BCUT2D eigenvalue weighted by atomic mass is 10.1. The third-order valence-corrected chi connectivity index (χ3v) is 4.02. The molecule has 2 aromatic rings. The third kappa shape index (κ3) is 4.97. The van der Waals surface area contributed by atoms with Gasteiger partial charge >= 0.3 is 0 Å². The zero-order chi connectivity index (χ0) is 14.5. The van der Waals surface area contributed by atoms with Crippen LogP contribution in [-0.2, 0) is 6.42 Å². The summed E-state index contributed by atoms with van der Waals surface area (Å²) in [6, 6.07) is 7.31. The van der Waals surface area contributed by atoms with Crippen molar-refractivity contribution in [3.63, 3.8) is 0 Å². The normalized spacial score (nSPS) is 11.6. The number of hydrogen-bond donors (Lipinski definition) is 2. The second-order valence-corrected chi connectivity index (χ2v) is 5.79. The molecule has 1 unspecified atom stereocenters. The molecule has 0 saturated heterocycles. The van der Waals surface area contributed by atoms with Crippen molar-refractivity contribution in [2.75, 3.05) is 6.54 Å². The Morgan fingerprint density at radius 1 is 1.43 bits per heavy atom. The number of hydrogen-bond acceptors (Lipinski definition) is 4. The van der Waals surface area contributed by atoms with Crippen molar-refractivity contribution < 1.29 is 4.79 Å². The molecule has 0 radical (unpaired) electrons. The van der Waals surface area contributed by atoms with Crippen LogP contribution in [0.3, 0.4) is 0 Å². The van der Waals surface area contributed by atoms with E-state index in [4.69, 9.17) is 17.3 Å². The first-order chi connectivity index (χ1) is 9.60. The molecule has 0 aliphatic heterocycles. The maximum absolute atomic E-state index is 12.1. The topological polar surface area (TPSA) is 68.0 Å². The van der Waals surface area contributed by atoms with Gasteiger partial charge in [0.15, 0.2) is 0 Å². The number of carbonyl (C=O) groups is 1. The molecule has 1 aromatic carbocycles. The third-order valence-electron chi connectivity index (χ3n) is 2.86. The van der Waals surface area contributed by atoms with Crippen molar-refractivity contribution >= 4 is 41.3 Å². The molecule has 1 heterocycles. The van der Waals surface area contributed by atoms with Crippen molar-refractivity contribution in [1.29, 1.82) is 0 Å². The fraction of sp³-hybridized carbons (Fsp3) is 0.286. The van der Waals surface area contributed by atoms with Gasteiger partial charge in [0.2, 0.25) is 0 Å². The maximum atomic E-state index is 12.1. The largest absolute Gasteiger partial charge is 0.344 e. The van der Waals surface area contributed by atoms with E-state index in [1.807, 2.05) is 31.2 Å². The van der Waals surface area contributed by atoms with Crippen molar-refractivity contribution in [2.45, 2.75) is 19.4 Å². The molecule has 3 N–H and O–H groups in total. The smallest absolute Gasteiger partial charge is 0.271 e. The van der Waals surface area contributed by atoms with Gasteiger partial charge in [-0.2, -0.15) is 0 Å². The van der Waals surface area contributed by atoms with E-state index in [0.717, 1.165) is 10.6 Å². The highest BCUT2D eigenvalue weighted by atomic mass is 35.5. The summed E-state index contributed by atoms with van der Waals surface area (Å²) in [6.07, 6.45) is 0.699. The molecule has 0 fully saturated rings. The Morgan fingerprint density at radius 2 is 2.10 bits per heavy atom. The standard InChI is InChI=1S/C14H16ClN3OS.ClH/c1-9(10-2-4-11(15)5-3-10)17-14(19)12-8-20-13(18-12)6-7-16;/h2-5,8-9H,6-7,16H2,1H3,(H,17,19);1H. The van der Waals surface area contributed by atoms with Crippen LogP contribution in [0.5, 0.6) is 0 Å². The Kier molecular flexibility index (Phi) is 7.11. The van der Waals surface area contributed by atoms with Crippen LogP contribution < -0.4 is 11.1 Å². The monoisotopic (exact) mass is 345 g/mol. The lowest BCUT2D eigenvalue weighted by molar-refractivity contribution is 0.0935. The molecule has 0 aliphatic rings. The Balaban J connectivity index is 0.00000220. The summed E-state index contributed by atoms with van der Waals surface area (Å²) in [7, 11) is 0. The molecule has 0 bridgehead atoms. The first kappa shape index (κ1) is 17.9. The minimum atomic E-state index is -0.174. The second kappa shape index (κ2) is 8.34. The number of halogens is 2. The van der Waals surface area contributed by atoms with Crippen LogP contribution in [0.4, 0.5) is 0 Å². The quantitative estimate of drug-likeness (QED) is 0.874. The summed E-state index contributed by atoms with van der Waals surface area (Å²) >= 11 is 7.30. The zero-order valence-electron chi connectivity index (χ0n) is 11.5. The highest BCUT2D eigenvalue weighted by molar-refractivity contribution is 7.09. The molecule has 0 saturated carbocycles. The lowest BCUT2D eigenvalue weighted by Gasteiger charge is -2.13. The Morgan fingerprint density at radius 3 is 2.71 bits per heavy atom. The van der Waals surface area contributed by atoms with Gasteiger partial charge in [-0.1, -0.05) is 23.7 Å². The van der Waals surface area contributed by atoms with Gasteiger partial charge in [-0.3, -0.25) is 4.79 Å². The van der Waals surface area contributed by atoms with Crippen LogP contribution in [-0.4, -0.2) is 17.4 Å². The van der Waals surface area contributed by atoms with Gasteiger partial charge in [-0.15, -0.1) is 23.7 Å². The summed E-state index contributed by atoms with van der Waals surface area (Å²) < 4.78 is 0. The predicted octanol–water partition coefficient (Wildman–Crippen LogP) is 3.21. The van der Waals surface area contributed by atoms with E-state index in [-0.39, 0.29) is 24.4 Å². The van der Waals surface area contributed by atoms with Crippen molar-refractivity contribution in [1.82, 2.24) is 10.3 Å². The van der Waals surface area contributed by atoms with Crippen molar-refractivity contribution in [2.24, 2.45) is 5.73 Å². The van der Waals surface area contributed by atoms with E-state index in [9.17, 15) is 4.79 Å². The average Bonchev–Trinajstić information content (AvgIpc) is 2.88. The van der Waals surface area contributed by atoms with Gasteiger partial charge in [-0.05, 0) is 31.2 Å². The van der Waals surface area contributed by atoms with Gasteiger partial charge in [-0.25, -0.2) is 4.98 Å².